The standard InChI is InChI=1S/C16H20N6O2/c23-15-4-3-12(10-19-15)16(24)18-6-5-17-13-9-14(21-11-20-13)22-7-1-2-8-22/h1-2,7-9,11-12H,3-6,10H2,(H,18,24)(H,19,23)(H,17,20,21). The first-order chi connectivity index (χ1) is 11.7. The summed E-state index contributed by atoms with van der Waals surface area (Å²) in [5, 5.41) is 8.76. The number of amides is 2. The SMILES string of the molecule is O=C1CCC(C(=O)NCCNc2cc(-n3cccc3)ncn2)CN1. The minimum Gasteiger partial charge on any atom is -0.368 e. The summed E-state index contributed by atoms with van der Waals surface area (Å²) in [5.41, 5.74) is 0. The van der Waals surface area contributed by atoms with Gasteiger partial charge in [-0.3, -0.25) is 9.59 Å². The average molecular weight is 328 g/mol. The van der Waals surface area contributed by atoms with Gasteiger partial charge in [0.15, 0.2) is 0 Å². The number of nitrogens with one attached hydrogen (secondary N) is 3. The highest BCUT2D eigenvalue weighted by Crippen LogP contribution is 2.11. The fraction of sp³-hybridized carbons (Fsp3) is 0.375. The Hall–Kier alpha value is -2.90. The van der Waals surface area contributed by atoms with Crippen LogP contribution in [-0.2, 0) is 9.59 Å². The van der Waals surface area contributed by atoms with Crippen LogP contribution in [0.25, 0.3) is 5.82 Å². The lowest BCUT2D eigenvalue weighted by Gasteiger charge is -2.21. The molecule has 24 heavy (non-hydrogen) atoms. The van der Waals surface area contributed by atoms with Gasteiger partial charge in [-0.05, 0) is 18.6 Å². The molecule has 126 valence electrons. The van der Waals surface area contributed by atoms with E-state index in [9.17, 15) is 9.59 Å². The maximum absolute atomic E-state index is 12.0. The molecule has 1 atom stereocenters. The second-order valence-corrected chi connectivity index (χ2v) is 5.61. The number of carbonyl (C=O) groups is 2. The third kappa shape index (κ3) is 4.09. The van der Waals surface area contributed by atoms with Crippen molar-refractivity contribution in [1.29, 1.82) is 0 Å². The van der Waals surface area contributed by atoms with E-state index in [4.69, 9.17) is 0 Å². The lowest BCUT2D eigenvalue weighted by atomic mass is 9.98. The molecule has 0 saturated carbocycles. The van der Waals surface area contributed by atoms with Crippen molar-refractivity contribution < 1.29 is 9.59 Å². The van der Waals surface area contributed by atoms with E-state index < -0.39 is 0 Å². The zero-order chi connectivity index (χ0) is 16.8. The molecule has 1 unspecified atom stereocenters. The number of rotatable bonds is 6. The van der Waals surface area contributed by atoms with Crippen molar-refractivity contribution in [3.63, 3.8) is 0 Å². The van der Waals surface area contributed by atoms with E-state index in [1.54, 1.807) is 0 Å². The molecule has 1 aliphatic rings. The lowest BCUT2D eigenvalue weighted by molar-refractivity contribution is -0.128. The molecule has 2 aromatic heterocycles. The molecule has 3 rings (SSSR count). The number of carbonyl (C=O) groups excluding carboxylic acids is 2. The molecule has 0 aliphatic carbocycles. The first kappa shape index (κ1) is 16.0. The first-order valence-corrected chi connectivity index (χ1v) is 7.96. The molecule has 0 bridgehead atoms. The van der Waals surface area contributed by atoms with Gasteiger partial charge in [0, 0.05) is 44.5 Å². The number of nitrogens with zero attached hydrogens (tertiary/aromatic N) is 3. The van der Waals surface area contributed by atoms with E-state index >= 15 is 0 Å². The largest absolute Gasteiger partial charge is 0.368 e. The molecule has 1 aliphatic heterocycles. The van der Waals surface area contributed by atoms with Gasteiger partial charge in [-0.2, -0.15) is 0 Å². The molecule has 3 N–H and O–H groups in total. The van der Waals surface area contributed by atoms with Gasteiger partial charge >= 0.3 is 0 Å². The highest BCUT2D eigenvalue weighted by Gasteiger charge is 2.23. The third-order valence-corrected chi connectivity index (χ3v) is 3.89. The maximum atomic E-state index is 12.0. The Morgan fingerprint density at radius 3 is 2.88 bits per heavy atom. The van der Waals surface area contributed by atoms with Gasteiger partial charge in [-0.1, -0.05) is 0 Å². The molecule has 1 fully saturated rings. The highest BCUT2D eigenvalue weighted by atomic mass is 16.2. The van der Waals surface area contributed by atoms with Crippen LogP contribution in [0.3, 0.4) is 0 Å². The van der Waals surface area contributed by atoms with Gasteiger partial charge in [-0.15, -0.1) is 0 Å². The van der Waals surface area contributed by atoms with Crippen LogP contribution in [0, 0.1) is 5.92 Å². The van der Waals surface area contributed by atoms with Crippen molar-refractivity contribution in [3.8, 4) is 5.82 Å². The summed E-state index contributed by atoms with van der Waals surface area (Å²) in [6.45, 7) is 1.48. The number of anilines is 1. The van der Waals surface area contributed by atoms with Gasteiger partial charge in [-0.25, -0.2) is 9.97 Å². The number of piperidine rings is 1. The molecule has 8 nitrogen and oxygen atoms in total. The van der Waals surface area contributed by atoms with E-state index in [2.05, 4.69) is 25.9 Å². The van der Waals surface area contributed by atoms with Crippen LogP contribution in [0.15, 0.2) is 36.9 Å². The van der Waals surface area contributed by atoms with E-state index in [0.717, 1.165) is 5.82 Å². The van der Waals surface area contributed by atoms with E-state index in [1.165, 1.54) is 6.33 Å². The Balaban J connectivity index is 1.43. The van der Waals surface area contributed by atoms with Crippen molar-refractivity contribution >= 4 is 17.6 Å². The van der Waals surface area contributed by atoms with Gasteiger partial charge in [0.05, 0.1) is 5.92 Å². The zero-order valence-electron chi connectivity index (χ0n) is 13.2. The fourth-order valence-corrected chi connectivity index (χ4v) is 2.55. The van der Waals surface area contributed by atoms with Crippen LogP contribution in [0.4, 0.5) is 5.82 Å². The molecule has 0 spiro atoms. The van der Waals surface area contributed by atoms with E-state index in [1.807, 2.05) is 35.2 Å². The second kappa shape index (κ2) is 7.58. The van der Waals surface area contributed by atoms with Gasteiger partial charge in [0.1, 0.15) is 18.0 Å². The Morgan fingerprint density at radius 2 is 2.12 bits per heavy atom. The summed E-state index contributed by atoms with van der Waals surface area (Å²) in [5.74, 6) is 1.34. The highest BCUT2D eigenvalue weighted by molar-refractivity contribution is 5.83. The summed E-state index contributed by atoms with van der Waals surface area (Å²) in [6, 6.07) is 5.70. The minimum atomic E-state index is -0.137. The second-order valence-electron chi connectivity index (χ2n) is 5.61. The smallest absolute Gasteiger partial charge is 0.224 e. The Bertz CT molecular complexity index is 690. The summed E-state index contributed by atoms with van der Waals surface area (Å²) in [4.78, 5) is 31.5. The number of hydrogen-bond donors (Lipinski definition) is 3. The summed E-state index contributed by atoms with van der Waals surface area (Å²) in [6.07, 6.45) is 6.35. The van der Waals surface area contributed by atoms with Crippen molar-refractivity contribution in [2.45, 2.75) is 12.8 Å². The Morgan fingerprint density at radius 1 is 1.29 bits per heavy atom. The molecule has 2 aromatic rings. The monoisotopic (exact) mass is 328 g/mol. The molecule has 0 aromatic carbocycles. The van der Waals surface area contributed by atoms with Crippen LogP contribution in [0.1, 0.15) is 12.8 Å². The lowest BCUT2D eigenvalue weighted by Crippen LogP contribution is -2.43. The zero-order valence-corrected chi connectivity index (χ0v) is 13.2. The topological polar surface area (TPSA) is 101 Å². The normalized spacial score (nSPS) is 17.2. The summed E-state index contributed by atoms with van der Waals surface area (Å²) >= 11 is 0. The van der Waals surface area contributed by atoms with Crippen molar-refractivity contribution in [2.24, 2.45) is 5.92 Å². The summed E-state index contributed by atoms with van der Waals surface area (Å²) in [7, 11) is 0. The minimum absolute atomic E-state index is 0.0166. The molecule has 8 heteroatoms. The molecular formula is C16H20N6O2. The molecule has 0 radical (unpaired) electrons. The Kier molecular flexibility index (Phi) is 5.05. The quantitative estimate of drug-likeness (QED) is 0.663. The van der Waals surface area contributed by atoms with Gasteiger partial charge in [0.2, 0.25) is 11.8 Å². The first-order valence-electron chi connectivity index (χ1n) is 7.96. The molecule has 1 saturated heterocycles. The molecule has 3 heterocycles. The Labute approximate surface area is 139 Å². The third-order valence-electron chi connectivity index (χ3n) is 3.89. The van der Waals surface area contributed by atoms with Gasteiger partial charge in [0.25, 0.3) is 0 Å². The van der Waals surface area contributed by atoms with E-state index in [0.29, 0.717) is 38.3 Å². The molecular weight excluding hydrogens is 308 g/mol. The van der Waals surface area contributed by atoms with Crippen LogP contribution in [0.5, 0.6) is 0 Å². The fourth-order valence-electron chi connectivity index (χ4n) is 2.55. The number of hydrogen-bond acceptors (Lipinski definition) is 5. The van der Waals surface area contributed by atoms with Crippen LogP contribution in [0.2, 0.25) is 0 Å². The number of aromatic nitrogens is 3. The van der Waals surface area contributed by atoms with Crippen LogP contribution >= 0.6 is 0 Å². The van der Waals surface area contributed by atoms with Crippen LogP contribution < -0.4 is 16.0 Å². The van der Waals surface area contributed by atoms with Crippen molar-refractivity contribution in [1.82, 2.24) is 25.2 Å². The maximum Gasteiger partial charge on any atom is 0.224 e. The average Bonchev–Trinajstić information content (AvgIpc) is 3.14. The predicted molar refractivity (Wildman–Crippen MR) is 88.6 cm³/mol. The van der Waals surface area contributed by atoms with Crippen molar-refractivity contribution in [2.75, 3.05) is 25.0 Å². The van der Waals surface area contributed by atoms with Gasteiger partial charge < -0.3 is 20.5 Å². The van der Waals surface area contributed by atoms with Crippen LogP contribution in [-0.4, -0.2) is 46.0 Å². The van der Waals surface area contributed by atoms with E-state index in [-0.39, 0.29) is 17.7 Å². The molecule has 2 amide bonds. The van der Waals surface area contributed by atoms with Crippen molar-refractivity contribution in [3.05, 3.63) is 36.9 Å². The predicted octanol–water partition coefficient (Wildman–Crippen LogP) is 0.322. The summed E-state index contributed by atoms with van der Waals surface area (Å²) < 4.78 is 1.89.